The average Bonchev–Trinajstić information content (AvgIpc) is 3.12. The molecular formula is C13H20N4OS. The number of likely N-dealkylation sites (N-methyl/N-ethyl adjacent to an activating group) is 1. The Labute approximate surface area is 118 Å². The summed E-state index contributed by atoms with van der Waals surface area (Å²) in [5.41, 5.74) is 1.00. The molecule has 6 heteroatoms. The molecule has 0 aliphatic heterocycles. The summed E-state index contributed by atoms with van der Waals surface area (Å²) in [6, 6.07) is 0.547. The second-order valence-corrected chi connectivity index (χ2v) is 5.85. The molecule has 104 valence electrons. The molecule has 0 saturated heterocycles. The van der Waals surface area contributed by atoms with E-state index in [0.29, 0.717) is 24.9 Å². The van der Waals surface area contributed by atoms with Crippen molar-refractivity contribution in [3.63, 3.8) is 0 Å². The second-order valence-electron chi connectivity index (χ2n) is 4.91. The van der Waals surface area contributed by atoms with Gasteiger partial charge in [0.05, 0.1) is 5.75 Å². The zero-order valence-electron chi connectivity index (χ0n) is 11.5. The van der Waals surface area contributed by atoms with Crippen molar-refractivity contribution in [3.8, 4) is 0 Å². The molecule has 19 heavy (non-hydrogen) atoms. The van der Waals surface area contributed by atoms with Gasteiger partial charge in [0.25, 0.3) is 0 Å². The lowest BCUT2D eigenvalue weighted by Gasteiger charge is -2.20. The maximum absolute atomic E-state index is 12.1. The predicted molar refractivity (Wildman–Crippen MR) is 76.1 cm³/mol. The SMILES string of the molecule is C=C(C)CN(CC)C(=O)CSc1nncn1C1CC1. The van der Waals surface area contributed by atoms with E-state index in [2.05, 4.69) is 21.3 Å². The quantitative estimate of drug-likeness (QED) is 0.567. The minimum absolute atomic E-state index is 0.126. The topological polar surface area (TPSA) is 51.0 Å². The van der Waals surface area contributed by atoms with Crippen LogP contribution in [0, 0.1) is 0 Å². The van der Waals surface area contributed by atoms with Gasteiger partial charge in [0.2, 0.25) is 5.91 Å². The van der Waals surface area contributed by atoms with Crippen molar-refractivity contribution in [2.24, 2.45) is 0 Å². The molecule has 1 saturated carbocycles. The molecule has 1 heterocycles. The molecular weight excluding hydrogens is 260 g/mol. The first-order chi connectivity index (χ1) is 9.11. The number of carbonyl (C=O) groups excluding carboxylic acids is 1. The summed E-state index contributed by atoms with van der Waals surface area (Å²) in [6.45, 7) is 9.12. The van der Waals surface area contributed by atoms with E-state index >= 15 is 0 Å². The number of thioether (sulfide) groups is 1. The molecule has 0 spiro atoms. The number of nitrogens with zero attached hydrogens (tertiary/aromatic N) is 4. The molecule has 1 aromatic rings. The highest BCUT2D eigenvalue weighted by atomic mass is 32.2. The molecule has 1 aliphatic carbocycles. The summed E-state index contributed by atoms with van der Waals surface area (Å²) >= 11 is 1.47. The summed E-state index contributed by atoms with van der Waals surface area (Å²) in [7, 11) is 0. The monoisotopic (exact) mass is 280 g/mol. The summed E-state index contributed by atoms with van der Waals surface area (Å²) < 4.78 is 2.08. The summed E-state index contributed by atoms with van der Waals surface area (Å²) in [5, 5.41) is 8.86. The minimum Gasteiger partial charge on any atom is -0.338 e. The average molecular weight is 280 g/mol. The molecule has 1 aromatic heterocycles. The third-order valence-electron chi connectivity index (χ3n) is 3.00. The van der Waals surface area contributed by atoms with Crippen LogP contribution in [0.25, 0.3) is 0 Å². The van der Waals surface area contributed by atoms with Crippen LogP contribution < -0.4 is 0 Å². The second kappa shape index (κ2) is 6.23. The maximum Gasteiger partial charge on any atom is 0.233 e. The molecule has 0 radical (unpaired) electrons. The molecule has 0 atom stereocenters. The number of amides is 1. The van der Waals surface area contributed by atoms with Gasteiger partial charge in [-0.15, -0.1) is 10.2 Å². The molecule has 0 bridgehead atoms. The van der Waals surface area contributed by atoms with Crippen LogP contribution in [0.4, 0.5) is 0 Å². The third kappa shape index (κ3) is 3.83. The lowest BCUT2D eigenvalue weighted by atomic mass is 10.3. The van der Waals surface area contributed by atoms with E-state index in [1.54, 1.807) is 6.33 Å². The number of aromatic nitrogens is 3. The van der Waals surface area contributed by atoms with Crippen LogP contribution in [-0.2, 0) is 4.79 Å². The van der Waals surface area contributed by atoms with Crippen LogP contribution in [0.1, 0.15) is 32.7 Å². The van der Waals surface area contributed by atoms with E-state index in [4.69, 9.17) is 0 Å². The van der Waals surface area contributed by atoms with Gasteiger partial charge >= 0.3 is 0 Å². The van der Waals surface area contributed by atoms with Crippen molar-refractivity contribution in [1.82, 2.24) is 19.7 Å². The largest absolute Gasteiger partial charge is 0.338 e. The Balaban J connectivity index is 1.88. The van der Waals surface area contributed by atoms with Crippen LogP contribution in [0.2, 0.25) is 0 Å². The van der Waals surface area contributed by atoms with Crippen LogP contribution in [0.3, 0.4) is 0 Å². The fourth-order valence-corrected chi connectivity index (χ4v) is 2.74. The van der Waals surface area contributed by atoms with Crippen LogP contribution in [0.15, 0.2) is 23.6 Å². The Morgan fingerprint density at radius 3 is 2.95 bits per heavy atom. The lowest BCUT2D eigenvalue weighted by Crippen LogP contribution is -2.33. The molecule has 0 aromatic carbocycles. The molecule has 0 unspecified atom stereocenters. The van der Waals surface area contributed by atoms with Gasteiger partial charge in [0.1, 0.15) is 6.33 Å². The highest BCUT2D eigenvalue weighted by Crippen LogP contribution is 2.37. The van der Waals surface area contributed by atoms with E-state index in [0.717, 1.165) is 10.7 Å². The van der Waals surface area contributed by atoms with Gasteiger partial charge in [0.15, 0.2) is 5.16 Å². The zero-order chi connectivity index (χ0) is 13.8. The van der Waals surface area contributed by atoms with Crippen molar-refractivity contribution in [2.75, 3.05) is 18.8 Å². The van der Waals surface area contributed by atoms with E-state index in [-0.39, 0.29) is 5.91 Å². The van der Waals surface area contributed by atoms with Crippen molar-refractivity contribution >= 4 is 17.7 Å². The van der Waals surface area contributed by atoms with Gasteiger partial charge in [-0.2, -0.15) is 0 Å². The summed E-state index contributed by atoms with van der Waals surface area (Å²) in [5.74, 6) is 0.535. The highest BCUT2D eigenvalue weighted by molar-refractivity contribution is 7.99. The van der Waals surface area contributed by atoms with Crippen molar-refractivity contribution in [1.29, 1.82) is 0 Å². The third-order valence-corrected chi connectivity index (χ3v) is 3.94. The van der Waals surface area contributed by atoms with Gasteiger partial charge in [-0.25, -0.2) is 0 Å². The number of hydrogen-bond acceptors (Lipinski definition) is 4. The fourth-order valence-electron chi connectivity index (χ4n) is 1.86. The molecule has 5 nitrogen and oxygen atoms in total. The number of hydrogen-bond donors (Lipinski definition) is 0. The molecule has 1 fully saturated rings. The molecule has 0 N–H and O–H groups in total. The van der Waals surface area contributed by atoms with Crippen LogP contribution >= 0.6 is 11.8 Å². The minimum atomic E-state index is 0.126. The van der Waals surface area contributed by atoms with Gasteiger partial charge in [-0.3, -0.25) is 4.79 Å². The Bertz CT molecular complexity index is 467. The van der Waals surface area contributed by atoms with E-state index in [1.165, 1.54) is 24.6 Å². The molecule has 2 rings (SSSR count). The van der Waals surface area contributed by atoms with Gasteiger partial charge in [-0.05, 0) is 26.7 Å². The van der Waals surface area contributed by atoms with Crippen LogP contribution in [-0.4, -0.2) is 44.4 Å². The van der Waals surface area contributed by atoms with E-state index < -0.39 is 0 Å². The van der Waals surface area contributed by atoms with Crippen molar-refractivity contribution < 1.29 is 4.79 Å². The Kier molecular flexibility index (Phi) is 4.63. The van der Waals surface area contributed by atoms with Crippen LogP contribution in [0.5, 0.6) is 0 Å². The van der Waals surface area contributed by atoms with Crippen molar-refractivity contribution in [3.05, 3.63) is 18.5 Å². The van der Waals surface area contributed by atoms with Crippen molar-refractivity contribution in [2.45, 2.75) is 37.9 Å². The summed E-state index contributed by atoms with van der Waals surface area (Å²) in [6.07, 6.45) is 4.14. The maximum atomic E-state index is 12.1. The van der Waals surface area contributed by atoms with Gasteiger partial charge in [-0.1, -0.05) is 23.9 Å². The van der Waals surface area contributed by atoms with Gasteiger partial charge < -0.3 is 9.47 Å². The normalized spacial score (nSPS) is 14.4. The van der Waals surface area contributed by atoms with E-state index in [9.17, 15) is 4.79 Å². The first kappa shape index (κ1) is 14.1. The first-order valence-electron chi connectivity index (χ1n) is 6.56. The first-order valence-corrected chi connectivity index (χ1v) is 7.54. The Morgan fingerprint density at radius 1 is 1.63 bits per heavy atom. The highest BCUT2D eigenvalue weighted by Gasteiger charge is 2.26. The summed E-state index contributed by atoms with van der Waals surface area (Å²) in [4.78, 5) is 13.9. The predicted octanol–water partition coefficient (Wildman–Crippen LogP) is 2.13. The number of rotatable bonds is 7. The van der Waals surface area contributed by atoms with E-state index in [1.807, 2.05) is 18.7 Å². The number of carbonyl (C=O) groups is 1. The zero-order valence-corrected chi connectivity index (χ0v) is 12.3. The Hall–Kier alpha value is -1.30. The lowest BCUT2D eigenvalue weighted by molar-refractivity contribution is -0.127. The van der Waals surface area contributed by atoms with Gasteiger partial charge in [0, 0.05) is 19.1 Å². The standard InChI is InChI=1S/C13H20N4OS/c1-4-16(7-10(2)3)12(18)8-19-13-15-14-9-17(13)11-5-6-11/h9,11H,2,4-8H2,1,3H3. The molecule has 1 aliphatic rings. The smallest absolute Gasteiger partial charge is 0.233 e. The Morgan fingerprint density at radius 2 is 2.37 bits per heavy atom. The fraction of sp³-hybridized carbons (Fsp3) is 0.615. The molecule has 1 amide bonds.